The molecule has 0 radical (unpaired) electrons. The lowest BCUT2D eigenvalue weighted by Crippen LogP contribution is -2.31. The van der Waals surface area contributed by atoms with Gasteiger partial charge in [-0.1, -0.05) is 31.0 Å². The Morgan fingerprint density at radius 1 is 1.19 bits per heavy atom. The van der Waals surface area contributed by atoms with Crippen molar-refractivity contribution in [3.63, 3.8) is 0 Å². The summed E-state index contributed by atoms with van der Waals surface area (Å²) in [5.41, 5.74) is 1.93. The molecule has 1 aliphatic heterocycles. The van der Waals surface area contributed by atoms with Crippen LogP contribution in [0.5, 0.6) is 0 Å². The molecule has 1 atom stereocenters. The van der Waals surface area contributed by atoms with E-state index in [1.54, 1.807) is 10.9 Å². The number of carbonyl (C=O) groups excluding carboxylic acids is 1. The third-order valence-electron chi connectivity index (χ3n) is 5.90. The van der Waals surface area contributed by atoms with Crippen LogP contribution in [0.4, 0.5) is 0 Å². The normalized spacial score (nSPS) is 15.9. The van der Waals surface area contributed by atoms with Crippen LogP contribution in [0.3, 0.4) is 0 Å². The van der Waals surface area contributed by atoms with Crippen LogP contribution in [0, 0.1) is 4.77 Å². The van der Waals surface area contributed by atoms with E-state index in [1.807, 2.05) is 47.4 Å². The third-order valence-corrected chi connectivity index (χ3v) is 6.58. The zero-order valence-corrected chi connectivity index (χ0v) is 19.9. The van der Waals surface area contributed by atoms with Crippen LogP contribution in [0.25, 0.3) is 11.4 Å². The van der Waals surface area contributed by atoms with E-state index >= 15 is 0 Å². The zero-order chi connectivity index (χ0) is 22.5. The first-order chi connectivity index (χ1) is 15.6. The largest absolute Gasteiger partial charge is 0.334 e. The number of hydrogen-bond acceptors (Lipinski definition) is 4. The van der Waals surface area contributed by atoms with Gasteiger partial charge in [0.25, 0.3) is 0 Å². The first-order valence-electron chi connectivity index (χ1n) is 11.2. The van der Waals surface area contributed by atoms with Crippen LogP contribution in [0.15, 0.2) is 48.7 Å². The number of likely N-dealkylation sites (tertiary alicyclic amines) is 1. The minimum atomic E-state index is 0.0587. The van der Waals surface area contributed by atoms with E-state index in [4.69, 9.17) is 28.9 Å². The smallest absolute Gasteiger partial charge is 0.225 e. The molecule has 3 aromatic rings. The number of aromatic nitrogens is 4. The van der Waals surface area contributed by atoms with Gasteiger partial charge in [0.1, 0.15) is 0 Å². The van der Waals surface area contributed by atoms with E-state index in [-0.39, 0.29) is 11.9 Å². The van der Waals surface area contributed by atoms with Gasteiger partial charge in [-0.05, 0) is 67.9 Å². The van der Waals surface area contributed by atoms with E-state index in [0.29, 0.717) is 22.8 Å². The number of rotatable bonds is 8. The molecule has 32 heavy (non-hydrogen) atoms. The van der Waals surface area contributed by atoms with E-state index in [0.717, 1.165) is 55.9 Å². The number of aryl methyl sites for hydroxylation is 1. The first kappa shape index (κ1) is 22.7. The lowest BCUT2D eigenvalue weighted by molar-refractivity contribution is -0.132. The van der Waals surface area contributed by atoms with Crippen LogP contribution in [-0.2, 0) is 17.9 Å². The zero-order valence-electron chi connectivity index (χ0n) is 18.3. The molecule has 0 bridgehead atoms. The van der Waals surface area contributed by atoms with Gasteiger partial charge in [-0.2, -0.15) is 5.10 Å². The SMILES string of the molecule is CCCCn1c(-c2ccc(Cl)cc2)nn(CCC(=O)N2CCCC2c2ccccn2)c1=S. The molecule has 1 unspecified atom stereocenters. The maximum atomic E-state index is 13.1. The summed E-state index contributed by atoms with van der Waals surface area (Å²) in [7, 11) is 0. The molecule has 3 heterocycles. The Kier molecular flexibility index (Phi) is 7.37. The van der Waals surface area contributed by atoms with Crippen molar-refractivity contribution in [3.8, 4) is 11.4 Å². The number of nitrogens with zero attached hydrogens (tertiary/aromatic N) is 5. The van der Waals surface area contributed by atoms with Gasteiger partial charge in [0, 0.05) is 36.3 Å². The minimum Gasteiger partial charge on any atom is -0.334 e. The second-order valence-electron chi connectivity index (χ2n) is 8.09. The van der Waals surface area contributed by atoms with Crippen molar-refractivity contribution in [2.75, 3.05) is 6.54 Å². The van der Waals surface area contributed by atoms with Gasteiger partial charge in [-0.15, -0.1) is 0 Å². The molecular formula is C24H28ClN5OS. The maximum Gasteiger partial charge on any atom is 0.225 e. The Balaban J connectivity index is 1.52. The summed E-state index contributed by atoms with van der Waals surface area (Å²) < 4.78 is 4.51. The van der Waals surface area contributed by atoms with Crippen molar-refractivity contribution >= 4 is 29.7 Å². The Labute approximate surface area is 198 Å². The monoisotopic (exact) mass is 469 g/mol. The Hall–Kier alpha value is -2.51. The molecular weight excluding hydrogens is 442 g/mol. The molecule has 2 aromatic heterocycles. The van der Waals surface area contributed by atoms with Crippen LogP contribution in [-0.4, -0.2) is 36.7 Å². The summed E-state index contributed by atoms with van der Waals surface area (Å²) in [6.45, 7) is 4.19. The summed E-state index contributed by atoms with van der Waals surface area (Å²) in [6.07, 6.45) is 6.18. The molecule has 0 aliphatic carbocycles. The molecule has 168 valence electrons. The highest BCUT2D eigenvalue weighted by Gasteiger charge is 2.30. The second-order valence-corrected chi connectivity index (χ2v) is 8.89. The molecule has 0 spiro atoms. The minimum absolute atomic E-state index is 0.0587. The van der Waals surface area contributed by atoms with Crippen molar-refractivity contribution < 1.29 is 4.79 Å². The summed E-state index contributed by atoms with van der Waals surface area (Å²) in [5.74, 6) is 0.941. The second kappa shape index (κ2) is 10.4. The number of carbonyl (C=O) groups is 1. The van der Waals surface area contributed by atoms with Crippen molar-refractivity contribution in [3.05, 3.63) is 64.1 Å². The predicted molar refractivity (Wildman–Crippen MR) is 129 cm³/mol. The lowest BCUT2D eigenvalue weighted by Gasteiger charge is -2.24. The number of hydrogen-bond donors (Lipinski definition) is 0. The maximum absolute atomic E-state index is 13.1. The third kappa shape index (κ3) is 4.94. The molecule has 4 rings (SSSR count). The van der Waals surface area contributed by atoms with Gasteiger partial charge >= 0.3 is 0 Å². The number of pyridine rings is 1. The summed E-state index contributed by atoms with van der Waals surface area (Å²) in [4.78, 5) is 19.5. The average Bonchev–Trinajstić information content (AvgIpc) is 3.42. The average molecular weight is 470 g/mol. The van der Waals surface area contributed by atoms with Crippen LogP contribution < -0.4 is 0 Å². The fourth-order valence-corrected chi connectivity index (χ4v) is 4.64. The highest BCUT2D eigenvalue weighted by atomic mass is 35.5. The fourth-order valence-electron chi connectivity index (χ4n) is 4.21. The highest BCUT2D eigenvalue weighted by Crippen LogP contribution is 2.31. The summed E-state index contributed by atoms with van der Waals surface area (Å²) >= 11 is 11.8. The summed E-state index contributed by atoms with van der Waals surface area (Å²) in [6, 6.07) is 13.6. The number of unbranched alkanes of at least 4 members (excludes halogenated alkanes) is 1. The van der Waals surface area contributed by atoms with E-state index in [1.165, 1.54) is 0 Å². The molecule has 8 heteroatoms. The number of halogens is 1. The van der Waals surface area contributed by atoms with Crippen LogP contribution in [0.1, 0.15) is 50.8 Å². The standard InChI is InChI=1S/C24H28ClN5OS/c1-2-3-15-29-23(18-9-11-19(25)12-10-18)27-30(24(29)32)17-13-22(31)28-16-6-8-21(28)20-7-4-5-14-26-20/h4-5,7,9-12,14,21H,2-3,6,8,13,15-17H2,1H3. The van der Waals surface area contributed by atoms with Gasteiger partial charge in [0.05, 0.1) is 18.3 Å². The Morgan fingerprint density at radius 2 is 2.00 bits per heavy atom. The highest BCUT2D eigenvalue weighted by molar-refractivity contribution is 7.71. The van der Waals surface area contributed by atoms with Gasteiger partial charge in [0.15, 0.2) is 10.6 Å². The summed E-state index contributed by atoms with van der Waals surface area (Å²) in [5, 5.41) is 5.47. The molecule has 1 saturated heterocycles. The molecule has 6 nitrogen and oxygen atoms in total. The molecule has 0 N–H and O–H groups in total. The first-order valence-corrected chi connectivity index (χ1v) is 12.0. The van der Waals surface area contributed by atoms with Crippen LogP contribution in [0.2, 0.25) is 5.02 Å². The quantitative estimate of drug-likeness (QED) is 0.398. The Morgan fingerprint density at radius 3 is 2.72 bits per heavy atom. The van der Waals surface area contributed by atoms with Crippen molar-refractivity contribution in [2.45, 2.75) is 58.2 Å². The van der Waals surface area contributed by atoms with Crippen molar-refractivity contribution in [1.29, 1.82) is 0 Å². The van der Waals surface area contributed by atoms with E-state index < -0.39 is 0 Å². The lowest BCUT2D eigenvalue weighted by atomic mass is 10.1. The van der Waals surface area contributed by atoms with Crippen molar-refractivity contribution in [1.82, 2.24) is 24.2 Å². The van der Waals surface area contributed by atoms with Gasteiger partial charge < -0.3 is 4.90 Å². The number of amides is 1. The van der Waals surface area contributed by atoms with Gasteiger partial charge in [0.2, 0.25) is 5.91 Å². The topological polar surface area (TPSA) is 56.0 Å². The van der Waals surface area contributed by atoms with Gasteiger partial charge in [-0.25, -0.2) is 4.68 Å². The van der Waals surface area contributed by atoms with Crippen LogP contribution >= 0.6 is 23.8 Å². The fraction of sp³-hybridized carbons (Fsp3) is 0.417. The predicted octanol–water partition coefficient (Wildman–Crippen LogP) is 5.68. The van der Waals surface area contributed by atoms with Gasteiger partial charge in [-0.3, -0.25) is 14.3 Å². The van der Waals surface area contributed by atoms with E-state index in [9.17, 15) is 4.79 Å². The molecule has 1 aromatic carbocycles. The molecule has 1 amide bonds. The molecule has 0 saturated carbocycles. The number of benzene rings is 1. The Bertz CT molecular complexity index is 1110. The molecule has 1 fully saturated rings. The van der Waals surface area contributed by atoms with Crippen molar-refractivity contribution in [2.24, 2.45) is 0 Å². The molecule has 1 aliphatic rings. The van der Waals surface area contributed by atoms with E-state index in [2.05, 4.69) is 16.5 Å².